The van der Waals surface area contributed by atoms with Crippen molar-refractivity contribution in [3.05, 3.63) is 57.5 Å². The quantitative estimate of drug-likeness (QED) is 0.325. The Morgan fingerprint density at radius 2 is 2.08 bits per heavy atom. The molecule has 4 atom stereocenters. The minimum atomic E-state index is -0.707. The molecule has 0 radical (unpaired) electrons. The van der Waals surface area contributed by atoms with E-state index < -0.39 is 5.97 Å². The molecular weight excluding hydrogens is 545 g/mol. The number of fused-ring (bicyclic) bond motifs is 1. The van der Waals surface area contributed by atoms with Crippen LogP contribution in [-0.4, -0.2) is 54.4 Å². The lowest BCUT2D eigenvalue weighted by Gasteiger charge is -2.39. The van der Waals surface area contributed by atoms with Crippen LogP contribution in [0.1, 0.15) is 75.4 Å². The van der Waals surface area contributed by atoms with E-state index in [0.717, 1.165) is 66.8 Å². The van der Waals surface area contributed by atoms with Gasteiger partial charge in [0.2, 0.25) is 0 Å². The molecule has 5 rings (SSSR count). The molecule has 2 aliphatic rings. The Bertz CT molecular complexity index is 1360. The summed E-state index contributed by atoms with van der Waals surface area (Å²) in [7, 11) is 0. The van der Waals surface area contributed by atoms with Crippen molar-refractivity contribution in [2.24, 2.45) is 5.92 Å². The number of carbonyl (C=O) groups is 1. The predicted octanol–water partition coefficient (Wildman–Crippen LogP) is 6.98. The smallest absolute Gasteiger partial charge is 0.303 e. The van der Waals surface area contributed by atoms with Crippen molar-refractivity contribution < 1.29 is 9.90 Å². The zero-order valence-electron chi connectivity index (χ0n) is 21.9. The summed E-state index contributed by atoms with van der Waals surface area (Å²) in [5.41, 5.74) is 5.40. The van der Waals surface area contributed by atoms with E-state index in [-0.39, 0.29) is 24.9 Å². The second-order valence-electron chi connectivity index (χ2n) is 10.5. The predicted molar refractivity (Wildman–Crippen MR) is 154 cm³/mol. The number of carboxylic acid groups (broad SMARTS) is 1. The summed E-state index contributed by atoms with van der Waals surface area (Å²) in [5.74, 6) is -0.261. The van der Waals surface area contributed by atoms with Crippen LogP contribution in [0.5, 0.6) is 0 Å². The first kappa shape index (κ1) is 28.8. The van der Waals surface area contributed by atoms with E-state index in [4.69, 9.17) is 43.4 Å². The summed E-state index contributed by atoms with van der Waals surface area (Å²) in [6, 6.07) is 6.19. The van der Waals surface area contributed by atoms with Crippen molar-refractivity contribution in [1.29, 1.82) is 0 Å². The molecule has 0 spiro atoms. The highest BCUT2D eigenvalue weighted by molar-refractivity contribution is 6.35. The zero-order chi connectivity index (χ0) is 26.3. The number of likely N-dealkylation sites (tertiary alicyclic amines) is 1. The van der Waals surface area contributed by atoms with E-state index in [2.05, 4.69) is 24.8 Å². The molecule has 3 heterocycles. The average molecular weight is 579 g/mol. The zero-order valence-corrected chi connectivity index (χ0v) is 24.2. The monoisotopic (exact) mass is 577 g/mol. The highest BCUT2D eigenvalue weighted by atomic mass is 35.5. The lowest BCUT2D eigenvalue weighted by Crippen LogP contribution is -2.44. The second kappa shape index (κ2) is 11.9. The lowest BCUT2D eigenvalue weighted by atomic mass is 9.83. The van der Waals surface area contributed by atoms with Gasteiger partial charge in [-0.3, -0.25) is 9.69 Å². The number of allylic oxidation sites excluding steroid dienone is 1. The van der Waals surface area contributed by atoms with Gasteiger partial charge in [-0.1, -0.05) is 42.3 Å². The van der Waals surface area contributed by atoms with Gasteiger partial charge in [-0.25, -0.2) is 14.6 Å². The van der Waals surface area contributed by atoms with Gasteiger partial charge in [0.25, 0.3) is 0 Å². The van der Waals surface area contributed by atoms with E-state index >= 15 is 0 Å². The second-order valence-corrected chi connectivity index (χ2v) is 11.3. The fourth-order valence-corrected chi connectivity index (χ4v) is 6.64. The SMILES string of the molecule is Cc1nn([C@H](C)c2ccc(Cl)cc2Cl)c2nc(C3=CC[C@@H](N4CCCC4CCC(=O)O)[C@@H](C)C3)cnc12.Cl. The van der Waals surface area contributed by atoms with E-state index in [1.54, 1.807) is 6.07 Å². The highest BCUT2D eigenvalue weighted by Gasteiger charge is 2.35. The van der Waals surface area contributed by atoms with Crippen molar-refractivity contribution in [2.45, 2.75) is 77.4 Å². The van der Waals surface area contributed by atoms with E-state index in [0.29, 0.717) is 28.0 Å². The summed E-state index contributed by atoms with van der Waals surface area (Å²) in [6.45, 7) is 7.36. The number of carboxylic acids is 1. The molecule has 1 N–H and O–H groups in total. The topological polar surface area (TPSA) is 84.1 Å². The third kappa shape index (κ3) is 5.71. The minimum Gasteiger partial charge on any atom is -0.481 e. The van der Waals surface area contributed by atoms with Crippen molar-refractivity contribution in [3.8, 4) is 0 Å². The Hall–Kier alpha value is -2.19. The molecule has 0 bridgehead atoms. The molecule has 1 aromatic carbocycles. The first-order chi connectivity index (χ1) is 17.7. The molecule has 2 aromatic heterocycles. The van der Waals surface area contributed by atoms with Crippen LogP contribution in [0.3, 0.4) is 0 Å². The van der Waals surface area contributed by atoms with Gasteiger partial charge in [0, 0.05) is 28.5 Å². The number of hydrogen-bond acceptors (Lipinski definition) is 5. The lowest BCUT2D eigenvalue weighted by molar-refractivity contribution is -0.137. The van der Waals surface area contributed by atoms with Crippen LogP contribution in [0.2, 0.25) is 10.0 Å². The molecule has 1 fully saturated rings. The first-order valence-electron chi connectivity index (χ1n) is 13.1. The molecule has 10 heteroatoms. The van der Waals surface area contributed by atoms with Crippen LogP contribution in [-0.2, 0) is 4.79 Å². The molecule has 3 aromatic rings. The molecule has 1 unspecified atom stereocenters. The molecule has 1 aliphatic heterocycles. The van der Waals surface area contributed by atoms with Gasteiger partial charge in [0.05, 0.1) is 23.6 Å². The number of nitrogens with zero attached hydrogens (tertiary/aromatic N) is 5. The van der Waals surface area contributed by atoms with Gasteiger partial charge in [0.15, 0.2) is 5.65 Å². The molecule has 0 saturated carbocycles. The maximum atomic E-state index is 11.1. The summed E-state index contributed by atoms with van der Waals surface area (Å²) < 4.78 is 1.91. The summed E-state index contributed by atoms with van der Waals surface area (Å²) >= 11 is 12.6. The maximum absolute atomic E-state index is 11.1. The number of halogens is 3. The first-order valence-corrected chi connectivity index (χ1v) is 13.8. The normalized spacial score (nSPS) is 22.8. The molecule has 1 aliphatic carbocycles. The molecular formula is C28H34Cl3N5O2. The molecule has 1 saturated heterocycles. The Kier molecular flexibility index (Phi) is 9.03. The summed E-state index contributed by atoms with van der Waals surface area (Å²) in [5, 5.41) is 15.1. The number of aryl methyl sites for hydroxylation is 1. The molecule has 38 heavy (non-hydrogen) atoms. The minimum absolute atomic E-state index is 0. The maximum Gasteiger partial charge on any atom is 0.303 e. The van der Waals surface area contributed by atoms with E-state index in [1.165, 1.54) is 5.57 Å². The highest BCUT2D eigenvalue weighted by Crippen LogP contribution is 2.37. The standard InChI is InChI=1S/C28H33Cl2N5O2.ClH/c1-16-13-19(6-10-25(16)34-12-4-5-21(34)8-11-26(36)37)24-15-31-27-17(2)33-35(28(27)32-24)18(3)22-9-7-20(29)14-23(22)30;/h6-7,9,14-16,18,21,25H,4-5,8,10-13H2,1-3H3,(H,36,37);1H/t16-,18+,21?,25+;/m0./s1. The summed E-state index contributed by atoms with van der Waals surface area (Å²) in [6.07, 6.45) is 9.24. The fourth-order valence-electron chi connectivity index (χ4n) is 6.08. The third-order valence-corrected chi connectivity index (χ3v) is 8.59. The van der Waals surface area contributed by atoms with Gasteiger partial charge < -0.3 is 5.11 Å². The number of aliphatic carboxylic acids is 1. The van der Waals surface area contributed by atoms with Gasteiger partial charge in [-0.05, 0) is 81.7 Å². The van der Waals surface area contributed by atoms with Crippen LogP contribution in [0.4, 0.5) is 0 Å². The Balaban J connectivity index is 0.00000336. The van der Waals surface area contributed by atoms with Gasteiger partial charge in [0.1, 0.15) is 5.52 Å². The number of aromatic nitrogens is 4. The molecule has 7 nitrogen and oxygen atoms in total. The Morgan fingerprint density at radius 3 is 2.79 bits per heavy atom. The number of rotatable bonds is 7. The fraction of sp³-hybridized carbons (Fsp3) is 0.500. The van der Waals surface area contributed by atoms with Gasteiger partial charge in [-0.15, -0.1) is 12.4 Å². The molecule has 204 valence electrons. The van der Waals surface area contributed by atoms with E-state index in [1.807, 2.05) is 29.9 Å². The average Bonchev–Trinajstić information content (AvgIpc) is 3.46. The van der Waals surface area contributed by atoms with Crippen LogP contribution >= 0.6 is 35.6 Å². The van der Waals surface area contributed by atoms with Crippen molar-refractivity contribution in [2.75, 3.05) is 6.54 Å². The number of hydrogen-bond donors (Lipinski definition) is 1. The van der Waals surface area contributed by atoms with Crippen LogP contribution < -0.4 is 0 Å². The molecule has 0 amide bonds. The van der Waals surface area contributed by atoms with E-state index in [9.17, 15) is 4.79 Å². The number of benzene rings is 1. The van der Waals surface area contributed by atoms with Crippen molar-refractivity contribution >= 4 is 58.3 Å². The Morgan fingerprint density at radius 1 is 1.29 bits per heavy atom. The summed E-state index contributed by atoms with van der Waals surface area (Å²) in [4.78, 5) is 23.5. The largest absolute Gasteiger partial charge is 0.481 e. The van der Waals surface area contributed by atoms with Crippen LogP contribution in [0.15, 0.2) is 30.5 Å². The van der Waals surface area contributed by atoms with Crippen molar-refractivity contribution in [1.82, 2.24) is 24.6 Å². The van der Waals surface area contributed by atoms with Crippen LogP contribution in [0.25, 0.3) is 16.7 Å². The Labute approximate surface area is 239 Å². The van der Waals surface area contributed by atoms with Crippen LogP contribution in [0, 0.1) is 12.8 Å². The van der Waals surface area contributed by atoms with Crippen molar-refractivity contribution in [3.63, 3.8) is 0 Å². The van der Waals surface area contributed by atoms with Gasteiger partial charge >= 0.3 is 5.97 Å². The third-order valence-electron chi connectivity index (χ3n) is 8.02. The van der Waals surface area contributed by atoms with Gasteiger partial charge in [-0.2, -0.15) is 5.10 Å².